The molecule has 0 radical (unpaired) electrons. The Balaban J connectivity index is 1.90. The van der Waals surface area contributed by atoms with Crippen LogP contribution in [0.1, 0.15) is 48.2 Å². The molecular formula is C22H25ClN2O4. The van der Waals surface area contributed by atoms with Crippen LogP contribution in [0.5, 0.6) is 0 Å². The van der Waals surface area contributed by atoms with Crippen molar-refractivity contribution in [3.8, 4) is 0 Å². The fourth-order valence-corrected chi connectivity index (χ4v) is 2.84. The fourth-order valence-electron chi connectivity index (χ4n) is 2.72. The van der Waals surface area contributed by atoms with Gasteiger partial charge in [0.05, 0.1) is 0 Å². The molecular weight excluding hydrogens is 392 g/mol. The van der Waals surface area contributed by atoms with Crippen molar-refractivity contribution in [2.75, 3.05) is 11.9 Å². The minimum absolute atomic E-state index is 0.228. The maximum Gasteiger partial charge on any atom is 0.326 e. The van der Waals surface area contributed by atoms with Crippen LogP contribution in [0.25, 0.3) is 0 Å². The van der Waals surface area contributed by atoms with Crippen molar-refractivity contribution in [2.45, 2.75) is 39.7 Å². The van der Waals surface area contributed by atoms with Crippen molar-refractivity contribution in [3.63, 3.8) is 0 Å². The molecule has 2 rings (SSSR count). The zero-order chi connectivity index (χ0) is 21.6. The quantitative estimate of drug-likeness (QED) is 0.666. The Morgan fingerprint density at radius 3 is 2.31 bits per heavy atom. The number of aryl methyl sites for hydroxylation is 1. The third-order valence-corrected chi connectivity index (χ3v) is 4.60. The van der Waals surface area contributed by atoms with Gasteiger partial charge >= 0.3 is 5.97 Å². The number of rotatable bonds is 7. The van der Waals surface area contributed by atoms with Crippen LogP contribution in [0.4, 0.5) is 5.69 Å². The van der Waals surface area contributed by atoms with E-state index in [1.54, 1.807) is 24.3 Å². The van der Waals surface area contributed by atoms with Crippen LogP contribution in [-0.4, -0.2) is 30.4 Å². The van der Waals surface area contributed by atoms with E-state index in [4.69, 9.17) is 16.3 Å². The molecule has 0 aromatic heterocycles. The minimum Gasteiger partial charge on any atom is -0.451 e. The van der Waals surface area contributed by atoms with Crippen molar-refractivity contribution in [3.05, 3.63) is 64.2 Å². The molecule has 0 unspecified atom stereocenters. The standard InChI is InChI=1S/C22H25ClN2O4/c1-13(2)18-7-5-6-14(3)20(18)25-21(27)15(4)29-19(26)12-24-22(28)16-8-10-17(23)11-9-16/h5-11,13,15H,12H2,1-4H3,(H,24,28)(H,25,27)/t15-/m0/s1. The number of ether oxygens (including phenoxy) is 1. The van der Waals surface area contributed by atoms with Gasteiger partial charge in [-0.3, -0.25) is 14.4 Å². The molecule has 2 aromatic carbocycles. The third-order valence-electron chi connectivity index (χ3n) is 4.35. The Morgan fingerprint density at radius 2 is 1.69 bits per heavy atom. The van der Waals surface area contributed by atoms with E-state index < -0.39 is 23.9 Å². The summed E-state index contributed by atoms with van der Waals surface area (Å²) in [5, 5.41) is 5.81. The van der Waals surface area contributed by atoms with Gasteiger partial charge in [-0.05, 0) is 55.2 Å². The summed E-state index contributed by atoms with van der Waals surface area (Å²) in [5.41, 5.74) is 3.03. The molecule has 0 saturated heterocycles. The van der Waals surface area contributed by atoms with E-state index in [9.17, 15) is 14.4 Å². The smallest absolute Gasteiger partial charge is 0.326 e. The van der Waals surface area contributed by atoms with Gasteiger partial charge in [0.1, 0.15) is 6.54 Å². The van der Waals surface area contributed by atoms with Crippen molar-refractivity contribution < 1.29 is 19.1 Å². The van der Waals surface area contributed by atoms with Gasteiger partial charge in [-0.1, -0.05) is 43.6 Å². The molecule has 2 amide bonds. The molecule has 29 heavy (non-hydrogen) atoms. The van der Waals surface area contributed by atoms with Crippen LogP contribution in [-0.2, 0) is 14.3 Å². The molecule has 0 spiro atoms. The van der Waals surface area contributed by atoms with Crippen LogP contribution in [0.2, 0.25) is 5.02 Å². The maximum absolute atomic E-state index is 12.5. The fraction of sp³-hybridized carbons (Fsp3) is 0.318. The number of carbonyl (C=O) groups excluding carboxylic acids is 3. The average molecular weight is 417 g/mol. The molecule has 1 atom stereocenters. The van der Waals surface area contributed by atoms with E-state index in [0.29, 0.717) is 10.6 Å². The summed E-state index contributed by atoms with van der Waals surface area (Å²) in [6.07, 6.45) is -1.01. The first-order valence-electron chi connectivity index (χ1n) is 9.32. The van der Waals surface area contributed by atoms with E-state index >= 15 is 0 Å². The second-order valence-corrected chi connectivity index (χ2v) is 7.44. The second-order valence-electron chi connectivity index (χ2n) is 7.00. The van der Waals surface area contributed by atoms with Crippen molar-refractivity contribution in [1.29, 1.82) is 0 Å². The predicted molar refractivity (Wildman–Crippen MR) is 113 cm³/mol. The van der Waals surface area contributed by atoms with E-state index in [0.717, 1.165) is 16.8 Å². The molecule has 0 fully saturated rings. The molecule has 0 aliphatic carbocycles. The summed E-state index contributed by atoms with van der Waals surface area (Å²) in [4.78, 5) is 36.5. The van der Waals surface area contributed by atoms with Gasteiger partial charge in [0.2, 0.25) is 0 Å². The van der Waals surface area contributed by atoms with Crippen LogP contribution < -0.4 is 10.6 Å². The van der Waals surface area contributed by atoms with Crippen LogP contribution in [0, 0.1) is 6.92 Å². The number of hydrogen-bond acceptors (Lipinski definition) is 4. The molecule has 0 bridgehead atoms. The first-order valence-corrected chi connectivity index (χ1v) is 9.70. The number of benzene rings is 2. The van der Waals surface area contributed by atoms with Crippen molar-refractivity contribution in [1.82, 2.24) is 5.32 Å². The van der Waals surface area contributed by atoms with Crippen molar-refractivity contribution >= 4 is 35.1 Å². The number of amides is 2. The number of halogens is 1. The molecule has 7 heteroatoms. The number of anilines is 1. The lowest BCUT2D eigenvalue weighted by atomic mass is 9.98. The number of nitrogens with one attached hydrogen (secondary N) is 2. The zero-order valence-electron chi connectivity index (χ0n) is 16.9. The topological polar surface area (TPSA) is 84.5 Å². The average Bonchev–Trinajstić information content (AvgIpc) is 2.67. The zero-order valence-corrected chi connectivity index (χ0v) is 17.7. The minimum atomic E-state index is -1.01. The highest BCUT2D eigenvalue weighted by atomic mass is 35.5. The van der Waals surface area contributed by atoms with Crippen LogP contribution in [0.3, 0.4) is 0 Å². The summed E-state index contributed by atoms with van der Waals surface area (Å²) in [7, 11) is 0. The van der Waals surface area contributed by atoms with E-state index in [1.165, 1.54) is 6.92 Å². The number of esters is 1. The maximum atomic E-state index is 12.5. The normalized spacial score (nSPS) is 11.7. The van der Waals surface area contributed by atoms with E-state index in [2.05, 4.69) is 10.6 Å². The van der Waals surface area contributed by atoms with Gasteiger partial charge < -0.3 is 15.4 Å². The molecule has 0 heterocycles. The first kappa shape index (κ1) is 22.4. The largest absolute Gasteiger partial charge is 0.451 e. The van der Waals surface area contributed by atoms with Gasteiger partial charge in [0.25, 0.3) is 11.8 Å². The highest BCUT2D eigenvalue weighted by Gasteiger charge is 2.20. The van der Waals surface area contributed by atoms with Crippen molar-refractivity contribution in [2.24, 2.45) is 0 Å². The van der Waals surface area contributed by atoms with Crippen LogP contribution >= 0.6 is 11.6 Å². The molecule has 2 aromatic rings. The summed E-state index contributed by atoms with van der Waals surface area (Å²) in [6, 6.07) is 12.1. The van der Waals surface area contributed by atoms with Gasteiger partial charge in [-0.25, -0.2) is 0 Å². The lowest BCUT2D eigenvalue weighted by Gasteiger charge is -2.19. The lowest BCUT2D eigenvalue weighted by molar-refractivity contribution is -0.152. The van der Waals surface area contributed by atoms with Gasteiger partial charge in [0, 0.05) is 16.3 Å². The Morgan fingerprint density at radius 1 is 1.03 bits per heavy atom. The summed E-state index contributed by atoms with van der Waals surface area (Å²) < 4.78 is 5.14. The predicted octanol–water partition coefficient (Wildman–Crippen LogP) is 4.07. The number of hydrogen-bond donors (Lipinski definition) is 2. The molecule has 2 N–H and O–H groups in total. The number of para-hydroxylation sites is 1. The summed E-state index contributed by atoms with van der Waals surface area (Å²) >= 11 is 5.78. The van der Waals surface area contributed by atoms with Gasteiger partial charge in [0.15, 0.2) is 6.10 Å². The summed E-state index contributed by atoms with van der Waals surface area (Å²) in [5.74, 6) is -1.34. The van der Waals surface area contributed by atoms with E-state index in [-0.39, 0.29) is 12.5 Å². The summed E-state index contributed by atoms with van der Waals surface area (Å²) in [6.45, 7) is 7.13. The lowest BCUT2D eigenvalue weighted by Crippen LogP contribution is -2.36. The Labute approximate surface area is 175 Å². The molecule has 0 aliphatic rings. The second kappa shape index (κ2) is 10.1. The van der Waals surface area contributed by atoms with E-state index in [1.807, 2.05) is 39.0 Å². The SMILES string of the molecule is Cc1cccc(C(C)C)c1NC(=O)[C@H](C)OC(=O)CNC(=O)c1ccc(Cl)cc1. The molecule has 154 valence electrons. The monoisotopic (exact) mass is 416 g/mol. The third kappa shape index (κ3) is 6.32. The molecule has 0 saturated carbocycles. The highest BCUT2D eigenvalue weighted by molar-refractivity contribution is 6.30. The first-order chi connectivity index (χ1) is 13.7. The van der Waals surface area contributed by atoms with Crippen LogP contribution in [0.15, 0.2) is 42.5 Å². The Kier molecular flexibility index (Phi) is 7.79. The molecule has 0 aliphatic heterocycles. The molecule has 6 nitrogen and oxygen atoms in total. The Hall–Kier alpha value is -2.86. The van der Waals surface area contributed by atoms with Gasteiger partial charge in [-0.15, -0.1) is 0 Å². The highest BCUT2D eigenvalue weighted by Crippen LogP contribution is 2.27. The number of carbonyl (C=O) groups is 3. The Bertz CT molecular complexity index is 894. The van der Waals surface area contributed by atoms with Gasteiger partial charge in [-0.2, -0.15) is 0 Å².